The Kier molecular flexibility index (Phi) is 3.86. The molecule has 90 valence electrons. The van der Waals surface area contributed by atoms with E-state index in [1.807, 2.05) is 13.1 Å². The van der Waals surface area contributed by atoms with Gasteiger partial charge in [0.25, 0.3) is 0 Å². The zero-order valence-corrected chi connectivity index (χ0v) is 10.3. The molecule has 1 saturated heterocycles. The first kappa shape index (κ1) is 11.5. The molecule has 0 aromatic carbocycles. The lowest BCUT2D eigenvalue weighted by molar-refractivity contribution is 0.299. The first-order valence-electron chi connectivity index (χ1n) is 6.41. The zero-order valence-electron chi connectivity index (χ0n) is 10.3. The molecule has 1 N–H and O–H groups in total. The fourth-order valence-electron chi connectivity index (χ4n) is 3.07. The Morgan fingerprint density at radius 1 is 1.38 bits per heavy atom. The van der Waals surface area contributed by atoms with Crippen LogP contribution in [0.15, 0.2) is 17.6 Å². The first-order chi connectivity index (χ1) is 7.85. The lowest BCUT2D eigenvalue weighted by Crippen LogP contribution is -2.40. The number of nitrogens with zero attached hydrogens (tertiary/aromatic N) is 2. The van der Waals surface area contributed by atoms with Gasteiger partial charge in [0, 0.05) is 26.7 Å². The largest absolute Gasteiger partial charge is 0.353 e. The first-order valence-corrected chi connectivity index (χ1v) is 6.41. The monoisotopic (exact) mass is 221 g/mol. The molecule has 0 amide bonds. The van der Waals surface area contributed by atoms with Crippen LogP contribution in [0.25, 0.3) is 0 Å². The van der Waals surface area contributed by atoms with Gasteiger partial charge in [-0.2, -0.15) is 0 Å². The maximum Gasteiger partial charge on any atom is 0.193 e. The van der Waals surface area contributed by atoms with Crippen molar-refractivity contribution in [1.29, 1.82) is 0 Å². The van der Waals surface area contributed by atoms with E-state index >= 15 is 0 Å². The Morgan fingerprint density at radius 2 is 2.00 bits per heavy atom. The van der Waals surface area contributed by atoms with Crippen molar-refractivity contribution < 1.29 is 0 Å². The van der Waals surface area contributed by atoms with Gasteiger partial charge in [-0.15, -0.1) is 6.58 Å². The lowest BCUT2D eigenvalue weighted by Gasteiger charge is -2.22. The maximum atomic E-state index is 4.35. The second-order valence-electron chi connectivity index (χ2n) is 4.93. The summed E-state index contributed by atoms with van der Waals surface area (Å²) in [6, 6.07) is 0. The van der Waals surface area contributed by atoms with Crippen LogP contribution in [0.1, 0.15) is 25.7 Å². The molecule has 3 heteroatoms. The third-order valence-electron chi connectivity index (χ3n) is 3.89. The summed E-state index contributed by atoms with van der Waals surface area (Å²) in [5.74, 6) is 2.88. The van der Waals surface area contributed by atoms with Gasteiger partial charge in [-0.05, 0) is 24.7 Å². The summed E-state index contributed by atoms with van der Waals surface area (Å²) in [4.78, 5) is 6.77. The molecule has 0 spiro atoms. The summed E-state index contributed by atoms with van der Waals surface area (Å²) < 4.78 is 0. The van der Waals surface area contributed by atoms with Gasteiger partial charge >= 0.3 is 0 Å². The van der Waals surface area contributed by atoms with Crippen LogP contribution in [0.2, 0.25) is 0 Å². The minimum atomic E-state index is 0.804. The average molecular weight is 221 g/mol. The van der Waals surface area contributed by atoms with Crippen LogP contribution in [-0.2, 0) is 0 Å². The van der Waals surface area contributed by atoms with E-state index in [0.29, 0.717) is 0 Å². The van der Waals surface area contributed by atoms with Crippen molar-refractivity contribution in [2.24, 2.45) is 16.8 Å². The highest BCUT2D eigenvalue weighted by molar-refractivity contribution is 5.80. The average Bonchev–Trinajstić information content (AvgIpc) is 2.73. The zero-order chi connectivity index (χ0) is 11.4. The third kappa shape index (κ3) is 2.39. The van der Waals surface area contributed by atoms with Gasteiger partial charge in [-0.3, -0.25) is 4.99 Å². The summed E-state index contributed by atoms with van der Waals surface area (Å²) in [6.45, 7) is 6.93. The molecule has 16 heavy (non-hydrogen) atoms. The van der Waals surface area contributed by atoms with E-state index in [1.54, 1.807) is 0 Å². The van der Waals surface area contributed by atoms with Crippen molar-refractivity contribution in [1.82, 2.24) is 10.2 Å². The number of hydrogen-bond donors (Lipinski definition) is 1. The predicted molar refractivity (Wildman–Crippen MR) is 68.6 cm³/mol. The summed E-state index contributed by atoms with van der Waals surface area (Å²) in [7, 11) is 1.87. The molecule has 2 aliphatic rings. The Hall–Kier alpha value is -0.990. The lowest BCUT2D eigenvalue weighted by atomic mass is 9.82. The van der Waals surface area contributed by atoms with Crippen LogP contribution in [-0.4, -0.2) is 37.5 Å². The van der Waals surface area contributed by atoms with Crippen molar-refractivity contribution in [3.8, 4) is 0 Å². The van der Waals surface area contributed by atoms with E-state index in [0.717, 1.165) is 24.3 Å². The number of likely N-dealkylation sites (tertiary alicyclic amines) is 1. The van der Waals surface area contributed by atoms with Crippen LogP contribution in [0, 0.1) is 11.8 Å². The topological polar surface area (TPSA) is 27.6 Å². The van der Waals surface area contributed by atoms with E-state index in [4.69, 9.17) is 0 Å². The Morgan fingerprint density at radius 3 is 2.50 bits per heavy atom. The highest BCUT2D eigenvalue weighted by atomic mass is 15.3. The molecule has 1 aliphatic heterocycles. The van der Waals surface area contributed by atoms with Crippen molar-refractivity contribution in [3.05, 3.63) is 12.7 Å². The van der Waals surface area contributed by atoms with Crippen LogP contribution >= 0.6 is 0 Å². The van der Waals surface area contributed by atoms with Crippen LogP contribution in [0.5, 0.6) is 0 Å². The quantitative estimate of drug-likeness (QED) is 0.438. The van der Waals surface area contributed by atoms with Gasteiger partial charge in [-0.1, -0.05) is 18.9 Å². The number of nitrogens with one attached hydrogen (secondary N) is 1. The SMILES string of the molecule is C=CCNC(=NC)N1CC2CCCCC2C1. The standard InChI is InChI=1S/C13H23N3/c1-3-8-15-13(14-2)16-9-11-6-4-5-7-12(11)10-16/h3,11-12H,1,4-10H2,2H3,(H,14,15). The molecule has 2 rings (SSSR count). The highest BCUT2D eigenvalue weighted by Gasteiger charge is 2.35. The normalized spacial score (nSPS) is 30.1. The van der Waals surface area contributed by atoms with Gasteiger partial charge in [0.15, 0.2) is 5.96 Å². The van der Waals surface area contributed by atoms with Gasteiger partial charge in [-0.25, -0.2) is 0 Å². The molecular formula is C13H23N3. The molecule has 3 nitrogen and oxygen atoms in total. The van der Waals surface area contributed by atoms with E-state index in [2.05, 4.69) is 21.8 Å². The van der Waals surface area contributed by atoms with E-state index in [9.17, 15) is 0 Å². The minimum absolute atomic E-state index is 0.804. The minimum Gasteiger partial charge on any atom is -0.353 e. The summed E-state index contributed by atoms with van der Waals surface area (Å²) in [5.41, 5.74) is 0. The highest BCUT2D eigenvalue weighted by Crippen LogP contribution is 2.35. The molecule has 0 radical (unpaired) electrons. The molecule has 2 atom stereocenters. The Bertz CT molecular complexity index is 258. The van der Waals surface area contributed by atoms with Gasteiger partial charge in [0.2, 0.25) is 0 Å². The van der Waals surface area contributed by atoms with Crippen molar-refractivity contribution >= 4 is 5.96 Å². The number of rotatable bonds is 2. The molecule has 1 aliphatic carbocycles. The maximum absolute atomic E-state index is 4.35. The van der Waals surface area contributed by atoms with Crippen molar-refractivity contribution in [2.45, 2.75) is 25.7 Å². The summed E-state index contributed by atoms with van der Waals surface area (Å²) in [6.07, 6.45) is 7.56. The summed E-state index contributed by atoms with van der Waals surface area (Å²) in [5, 5.41) is 3.33. The fourth-order valence-corrected chi connectivity index (χ4v) is 3.07. The molecule has 0 bridgehead atoms. The van der Waals surface area contributed by atoms with Crippen molar-refractivity contribution in [3.63, 3.8) is 0 Å². The Balaban J connectivity index is 1.92. The molecule has 2 unspecified atom stereocenters. The van der Waals surface area contributed by atoms with Crippen LogP contribution in [0.3, 0.4) is 0 Å². The number of hydrogen-bond acceptors (Lipinski definition) is 1. The number of fused-ring (bicyclic) bond motifs is 1. The molecular weight excluding hydrogens is 198 g/mol. The van der Waals surface area contributed by atoms with E-state index in [-0.39, 0.29) is 0 Å². The predicted octanol–water partition coefficient (Wildman–Crippen LogP) is 1.87. The molecule has 0 aromatic heterocycles. The molecule has 0 aromatic rings. The van der Waals surface area contributed by atoms with Crippen molar-refractivity contribution in [2.75, 3.05) is 26.7 Å². The smallest absolute Gasteiger partial charge is 0.193 e. The molecule has 2 fully saturated rings. The fraction of sp³-hybridized carbons (Fsp3) is 0.769. The number of guanidine groups is 1. The van der Waals surface area contributed by atoms with Crippen LogP contribution < -0.4 is 5.32 Å². The third-order valence-corrected chi connectivity index (χ3v) is 3.89. The van der Waals surface area contributed by atoms with Gasteiger partial charge < -0.3 is 10.2 Å². The second kappa shape index (κ2) is 5.37. The van der Waals surface area contributed by atoms with E-state index in [1.165, 1.54) is 38.8 Å². The van der Waals surface area contributed by atoms with E-state index < -0.39 is 0 Å². The second-order valence-corrected chi connectivity index (χ2v) is 4.93. The molecule has 1 saturated carbocycles. The Labute approximate surface area is 98.6 Å². The van der Waals surface area contributed by atoms with Gasteiger partial charge in [0.05, 0.1) is 0 Å². The van der Waals surface area contributed by atoms with Crippen LogP contribution in [0.4, 0.5) is 0 Å². The summed E-state index contributed by atoms with van der Waals surface area (Å²) >= 11 is 0. The number of aliphatic imine (C=N–C) groups is 1. The van der Waals surface area contributed by atoms with Gasteiger partial charge in [0.1, 0.15) is 0 Å². The molecule has 1 heterocycles.